The first-order valence-electron chi connectivity index (χ1n) is 6.67. The third-order valence-corrected chi connectivity index (χ3v) is 4.29. The Kier molecular flexibility index (Phi) is 2.16. The van der Waals surface area contributed by atoms with Crippen molar-refractivity contribution in [2.24, 2.45) is 9.98 Å². The Balaban J connectivity index is 1.93. The van der Waals surface area contributed by atoms with Crippen LogP contribution in [-0.4, -0.2) is 13.4 Å². The normalized spacial score (nSPS) is 16.8. The van der Waals surface area contributed by atoms with Crippen molar-refractivity contribution < 1.29 is 4.74 Å². The number of rotatable bonds is 2. The van der Waals surface area contributed by atoms with E-state index in [0.29, 0.717) is 0 Å². The van der Waals surface area contributed by atoms with Gasteiger partial charge in [-0.15, -0.1) is 0 Å². The first kappa shape index (κ1) is 11.4. The first-order chi connectivity index (χ1) is 9.76. The van der Waals surface area contributed by atoms with Crippen molar-refractivity contribution in [1.29, 1.82) is 0 Å². The second-order valence-corrected chi connectivity index (χ2v) is 5.36. The van der Waals surface area contributed by atoms with Crippen molar-refractivity contribution in [1.82, 2.24) is 0 Å². The molecule has 0 amide bonds. The molecule has 2 aliphatic rings. The molecule has 2 aromatic rings. The molecule has 20 heavy (non-hydrogen) atoms. The third kappa shape index (κ3) is 1.40. The van der Waals surface area contributed by atoms with Gasteiger partial charge in [-0.2, -0.15) is 0 Å². The van der Waals surface area contributed by atoms with E-state index in [1.54, 1.807) is 0 Å². The van der Waals surface area contributed by atoms with Gasteiger partial charge in [-0.1, -0.05) is 6.07 Å². The summed E-state index contributed by atoms with van der Waals surface area (Å²) in [6.07, 6.45) is 2.30. The minimum Gasteiger partial charge on any atom is -0.457 e. The Morgan fingerprint density at radius 2 is 1.55 bits per heavy atom. The Morgan fingerprint density at radius 3 is 2.25 bits per heavy atom. The third-order valence-electron chi connectivity index (χ3n) is 4.29. The van der Waals surface area contributed by atoms with Crippen molar-refractivity contribution in [2.45, 2.75) is 18.3 Å². The SMILES string of the molecule is C=Nc1ccc2c(c1)Oc1ccc(N=C)cc1C21CC1. The fraction of sp³-hybridized carbons (Fsp3) is 0.176. The van der Waals surface area contributed by atoms with Gasteiger partial charge < -0.3 is 4.74 Å². The van der Waals surface area contributed by atoms with Crippen LogP contribution in [0.1, 0.15) is 24.0 Å². The van der Waals surface area contributed by atoms with Crippen LogP contribution < -0.4 is 4.74 Å². The summed E-state index contributed by atoms with van der Waals surface area (Å²) in [4.78, 5) is 8.00. The van der Waals surface area contributed by atoms with Crippen LogP contribution in [0.2, 0.25) is 0 Å². The number of benzene rings is 2. The maximum Gasteiger partial charge on any atom is 0.133 e. The summed E-state index contributed by atoms with van der Waals surface area (Å²) in [5.41, 5.74) is 4.32. The Bertz CT molecular complexity index is 745. The number of fused-ring (bicyclic) bond motifs is 4. The van der Waals surface area contributed by atoms with Crippen LogP contribution in [0.3, 0.4) is 0 Å². The lowest BCUT2D eigenvalue weighted by Crippen LogP contribution is -2.16. The molecule has 1 aliphatic carbocycles. The van der Waals surface area contributed by atoms with Crippen molar-refractivity contribution in [2.75, 3.05) is 0 Å². The van der Waals surface area contributed by atoms with Crippen LogP contribution in [0.25, 0.3) is 0 Å². The number of aliphatic imine (C=N–C) groups is 2. The summed E-state index contributed by atoms with van der Waals surface area (Å²) >= 11 is 0. The van der Waals surface area contributed by atoms with E-state index in [4.69, 9.17) is 4.74 Å². The fourth-order valence-electron chi connectivity index (χ4n) is 3.10. The van der Waals surface area contributed by atoms with Crippen LogP contribution >= 0.6 is 0 Å². The fourth-order valence-corrected chi connectivity index (χ4v) is 3.10. The van der Waals surface area contributed by atoms with E-state index in [1.165, 1.54) is 11.1 Å². The highest BCUT2D eigenvalue weighted by Crippen LogP contribution is 2.62. The maximum absolute atomic E-state index is 6.05. The van der Waals surface area contributed by atoms with Gasteiger partial charge in [0.1, 0.15) is 11.5 Å². The van der Waals surface area contributed by atoms with Gasteiger partial charge >= 0.3 is 0 Å². The van der Waals surface area contributed by atoms with Gasteiger partial charge in [0.05, 0.1) is 11.4 Å². The maximum atomic E-state index is 6.05. The summed E-state index contributed by atoms with van der Waals surface area (Å²) in [6.45, 7) is 7.18. The molecule has 0 saturated heterocycles. The number of nitrogens with zero attached hydrogens (tertiary/aromatic N) is 2. The number of hydrogen-bond acceptors (Lipinski definition) is 3. The van der Waals surface area contributed by atoms with Gasteiger partial charge in [-0.3, -0.25) is 9.98 Å². The average Bonchev–Trinajstić information content (AvgIpc) is 3.28. The van der Waals surface area contributed by atoms with Crippen molar-refractivity contribution in [3.63, 3.8) is 0 Å². The molecule has 1 aliphatic heterocycles. The topological polar surface area (TPSA) is 34.0 Å². The monoisotopic (exact) mass is 262 g/mol. The van der Waals surface area contributed by atoms with Gasteiger partial charge in [0.25, 0.3) is 0 Å². The minimum absolute atomic E-state index is 0.101. The van der Waals surface area contributed by atoms with E-state index >= 15 is 0 Å². The molecule has 4 rings (SSSR count). The van der Waals surface area contributed by atoms with E-state index < -0.39 is 0 Å². The summed E-state index contributed by atoms with van der Waals surface area (Å²) in [7, 11) is 0. The second kappa shape index (κ2) is 3.79. The van der Waals surface area contributed by atoms with Crippen molar-refractivity contribution in [3.8, 4) is 11.5 Å². The Labute approximate surface area is 117 Å². The van der Waals surface area contributed by atoms with Crippen LogP contribution in [0.5, 0.6) is 11.5 Å². The van der Waals surface area contributed by atoms with Gasteiger partial charge in [0.2, 0.25) is 0 Å². The molecule has 98 valence electrons. The summed E-state index contributed by atoms with van der Waals surface area (Å²) in [5.74, 6) is 1.82. The molecule has 3 nitrogen and oxygen atoms in total. The Morgan fingerprint density at radius 1 is 0.850 bits per heavy atom. The largest absolute Gasteiger partial charge is 0.457 e. The van der Waals surface area contributed by atoms with Gasteiger partial charge in [-0.05, 0) is 50.5 Å². The lowest BCUT2D eigenvalue weighted by molar-refractivity contribution is 0.442. The molecule has 1 spiro atoms. The molecular formula is C17H14N2O. The lowest BCUT2D eigenvalue weighted by atomic mass is 9.84. The zero-order chi connectivity index (χ0) is 13.7. The molecule has 1 heterocycles. The van der Waals surface area contributed by atoms with E-state index in [2.05, 4.69) is 35.6 Å². The lowest BCUT2D eigenvalue weighted by Gasteiger charge is -2.28. The number of hydrogen-bond donors (Lipinski definition) is 0. The van der Waals surface area contributed by atoms with Gasteiger partial charge in [-0.25, -0.2) is 0 Å². The number of ether oxygens (including phenoxy) is 1. The highest BCUT2D eigenvalue weighted by Gasteiger charge is 2.51. The summed E-state index contributed by atoms with van der Waals surface area (Å²) in [5, 5.41) is 0. The van der Waals surface area contributed by atoms with E-state index in [-0.39, 0.29) is 5.41 Å². The average molecular weight is 262 g/mol. The molecule has 2 aromatic carbocycles. The smallest absolute Gasteiger partial charge is 0.133 e. The van der Waals surface area contributed by atoms with Crippen LogP contribution in [0, 0.1) is 0 Å². The minimum atomic E-state index is 0.101. The molecule has 0 atom stereocenters. The second-order valence-electron chi connectivity index (χ2n) is 5.36. The molecule has 0 bridgehead atoms. The zero-order valence-corrected chi connectivity index (χ0v) is 11.1. The molecule has 1 fully saturated rings. The molecule has 0 unspecified atom stereocenters. The zero-order valence-electron chi connectivity index (χ0n) is 11.1. The van der Waals surface area contributed by atoms with Gasteiger partial charge in [0.15, 0.2) is 0 Å². The van der Waals surface area contributed by atoms with E-state index in [1.807, 2.05) is 24.3 Å². The van der Waals surface area contributed by atoms with E-state index in [9.17, 15) is 0 Å². The first-order valence-corrected chi connectivity index (χ1v) is 6.67. The summed E-state index contributed by atoms with van der Waals surface area (Å²) in [6, 6.07) is 12.1. The van der Waals surface area contributed by atoms with E-state index in [0.717, 1.165) is 35.7 Å². The van der Waals surface area contributed by atoms with Crippen LogP contribution in [-0.2, 0) is 5.41 Å². The molecule has 0 N–H and O–H groups in total. The molecular weight excluding hydrogens is 248 g/mol. The van der Waals surface area contributed by atoms with Crippen molar-refractivity contribution in [3.05, 3.63) is 47.5 Å². The molecule has 3 heteroatoms. The molecule has 0 aromatic heterocycles. The predicted octanol–water partition coefficient (Wildman–Crippen LogP) is 4.54. The van der Waals surface area contributed by atoms with Crippen molar-refractivity contribution >= 4 is 24.8 Å². The Hall–Kier alpha value is -2.42. The van der Waals surface area contributed by atoms with Crippen LogP contribution in [0.4, 0.5) is 11.4 Å². The standard InChI is InChI=1S/C17H14N2O/c1-18-11-4-6-15-14(9-11)17(7-8-17)13-5-3-12(19-2)10-16(13)20-15/h3-6,9-10H,1-2,7-8H2. The van der Waals surface area contributed by atoms with Gasteiger partial charge in [0, 0.05) is 22.6 Å². The quantitative estimate of drug-likeness (QED) is 0.732. The summed E-state index contributed by atoms with van der Waals surface area (Å²) < 4.78 is 6.05. The predicted molar refractivity (Wildman–Crippen MR) is 81.4 cm³/mol. The van der Waals surface area contributed by atoms with Crippen LogP contribution in [0.15, 0.2) is 46.4 Å². The molecule has 0 radical (unpaired) electrons. The highest BCUT2D eigenvalue weighted by molar-refractivity contribution is 5.66. The molecule has 1 saturated carbocycles. The highest BCUT2D eigenvalue weighted by atomic mass is 16.5.